The molecule has 31 heavy (non-hydrogen) atoms. The molecule has 158 valence electrons. The summed E-state index contributed by atoms with van der Waals surface area (Å²) < 4.78 is 7.44. The normalized spacial score (nSPS) is 16.3. The average molecular weight is 416 g/mol. The standard InChI is InChI=1S/C23H24N6O2/c1-14-4-3-9-28(14)21-8-6-17(11-25-21)23-27-19-10-16(22(24)30)5-7-20(19)29(23)12-18-13-31-15(2)26-18/h5-8,10-11,13-14H,3-4,9,12H2,1-2H3,(H2,24,30). The van der Waals surface area contributed by atoms with Crippen LogP contribution in [0.5, 0.6) is 0 Å². The van der Waals surface area contributed by atoms with E-state index in [0.717, 1.165) is 35.0 Å². The minimum atomic E-state index is -0.476. The van der Waals surface area contributed by atoms with Crippen LogP contribution in [0.2, 0.25) is 0 Å². The first-order valence-electron chi connectivity index (χ1n) is 10.4. The number of oxazole rings is 1. The summed E-state index contributed by atoms with van der Waals surface area (Å²) in [7, 11) is 0. The van der Waals surface area contributed by atoms with Gasteiger partial charge in [0.15, 0.2) is 5.89 Å². The summed E-state index contributed by atoms with van der Waals surface area (Å²) in [6.45, 7) is 5.58. The van der Waals surface area contributed by atoms with Crippen LogP contribution in [0.1, 0.15) is 41.7 Å². The number of imidazole rings is 1. The Bertz CT molecular complexity index is 1260. The summed E-state index contributed by atoms with van der Waals surface area (Å²) in [5, 5.41) is 0. The highest BCUT2D eigenvalue weighted by molar-refractivity contribution is 5.96. The Morgan fingerprint density at radius 3 is 2.77 bits per heavy atom. The molecule has 1 aliphatic heterocycles. The number of carbonyl (C=O) groups is 1. The molecule has 0 spiro atoms. The van der Waals surface area contributed by atoms with Gasteiger partial charge in [-0.15, -0.1) is 0 Å². The van der Waals surface area contributed by atoms with Crippen LogP contribution < -0.4 is 10.6 Å². The number of amides is 1. The monoisotopic (exact) mass is 416 g/mol. The van der Waals surface area contributed by atoms with Crippen molar-refractivity contribution in [1.82, 2.24) is 19.5 Å². The Labute approximate surface area is 179 Å². The molecule has 0 radical (unpaired) electrons. The number of nitrogens with zero attached hydrogens (tertiary/aromatic N) is 5. The lowest BCUT2D eigenvalue weighted by Gasteiger charge is -2.22. The highest BCUT2D eigenvalue weighted by Crippen LogP contribution is 2.29. The molecule has 1 aromatic carbocycles. The molecule has 1 amide bonds. The molecule has 4 heterocycles. The van der Waals surface area contributed by atoms with Crippen molar-refractivity contribution in [2.45, 2.75) is 39.3 Å². The Balaban J connectivity index is 1.59. The summed E-state index contributed by atoms with van der Waals surface area (Å²) in [5.41, 5.74) is 9.17. The molecular formula is C23H24N6O2. The summed E-state index contributed by atoms with van der Waals surface area (Å²) in [6, 6.07) is 9.91. The van der Waals surface area contributed by atoms with Crippen molar-refractivity contribution in [3.05, 3.63) is 59.9 Å². The minimum Gasteiger partial charge on any atom is -0.449 e. The van der Waals surface area contributed by atoms with Crippen LogP contribution in [0.3, 0.4) is 0 Å². The summed E-state index contributed by atoms with van der Waals surface area (Å²) in [4.78, 5) is 27.9. The molecule has 1 fully saturated rings. The zero-order chi connectivity index (χ0) is 21.5. The van der Waals surface area contributed by atoms with Crippen molar-refractivity contribution in [3.8, 4) is 11.4 Å². The lowest BCUT2D eigenvalue weighted by Crippen LogP contribution is -2.26. The van der Waals surface area contributed by atoms with Gasteiger partial charge in [-0.25, -0.2) is 15.0 Å². The minimum absolute atomic E-state index is 0.428. The number of aromatic nitrogens is 4. The first kappa shape index (κ1) is 19.3. The Morgan fingerprint density at radius 2 is 2.13 bits per heavy atom. The molecule has 1 atom stereocenters. The van der Waals surface area contributed by atoms with Crippen molar-refractivity contribution in [2.75, 3.05) is 11.4 Å². The van der Waals surface area contributed by atoms with Crippen LogP contribution in [0.25, 0.3) is 22.4 Å². The fraction of sp³-hybridized carbons (Fsp3) is 0.304. The van der Waals surface area contributed by atoms with Gasteiger partial charge >= 0.3 is 0 Å². The van der Waals surface area contributed by atoms with Gasteiger partial charge in [0.25, 0.3) is 0 Å². The van der Waals surface area contributed by atoms with E-state index in [1.807, 2.05) is 25.3 Å². The number of hydrogen-bond acceptors (Lipinski definition) is 6. The first-order valence-corrected chi connectivity index (χ1v) is 10.4. The third-order valence-electron chi connectivity index (χ3n) is 5.87. The molecule has 1 saturated heterocycles. The zero-order valence-electron chi connectivity index (χ0n) is 17.6. The van der Waals surface area contributed by atoms with E-state index < -0.39 is 5.91 Å². The van der Waals surface area contributed by atoms with E-state index in [1.54, 1.807) is 18.4 Å². The van der Waals surface area contributed by atoms with Gasteiger partial charge in [0.2, 0.25) is 5.91 Å². The van der Waals surface area contributed by atoms with E-state index in [9.17, 15) is 4.79 Å². The lowest BCUT2D eigenvalue weighted by molar-refractivity contribution is 0.100. The average Bonchev–Trinajstić information content (AvgIpc) is 3.47. The maximum atomic E-state index is 11.6. The molecule has 8 nitrogen and oxygen atoms in total. The SMILES string of the molecule is Cc1nc(Cn2c(-c3ccc(N4CCCC4C)nc3)nc3cc(C(N)=O)ccc32)co1. The molecule has 5 rings (SSSR count). The van der Waals surface area contributed by atoms with E-state index in [-0.39, 0.29) is 0 Å². The van der Waals surface area contributed by atoms with E-state index in [2.05, 4.69) is 27.4 Å². The van der Waals surface area contributed by atoms with E-state index in [1.165, 1.54) is 12.8 Å². The number of carbonyl (C=O) groups excluding carboxylic acids is 1. The summed E-state index contributed by atoms with van der Waals surface area (Å²) in [5.74, 6) is 1.88. The predicted octanol–water partition coefficient (Wildman–Crippen LogP) is 3.53. The highest BCUT2D eigenvalue weighted by Gasteiger charge is 2.22. The van der Waals surface area contributed by atoms with Crippen LogP contribution in [0, 0.1) is 6.92 Å². The number of benzene rings is 1. The third kappa shape index (κ3) is 3.54. The third-order valence-corrected chi connectivity index (χ3v) is 5.87. The van der Waals surface area contributed by atoms with Crippen molar-refractivity contribution >= 4 is 22.8 Å². The van der Waals surface area contributed by atoms with Crippen LogP contribution in [-0.2, 0) is 6.54 Å². The Hall–Kier alpha value is -3.68. The number of nitrogens with two attached hydrogens (primary N) is 1. The maximum Gasteiger partial charge on any atom is 0.248 e. The summed E-state index contributed by atoms with van der Waals surface area (Å²) in [6.07, 6.45) is 5.90. The molecule has 4 aromatic rings. The second-order valence-electron chi connectivity index (χ2n) is 8.04. The van der Waals surface area contributed by atoms with Crippen LogP contribution in [0.4, 0.5) is 5.82 Å². The molecule has 1 aliphatic rings. The lowest BCUT2D eigenvalue weighted by atomic mass is 10.2. The maximum absolute atomic E-state index is 11.6. The molecular weight excluding hydrogens is 392 g/mol. The van der Waals surface area contributed by atoms with E-state index in [0.29, 0.717) is 29.6 Å². The van der Waals surface area contributed by atoms with Crippen molar-refractivity contribution < 1.29 is 9.21 Å². The predicted molar refractivity (Wildman–Crippen MR) is 118 cm³/mol. The Morgan fingerprint density at radius 1 is 1.26 bits per heavy atom. The summed E-state index contributed by atoms with van der Waals surface area (Å²) >= 11 is 0. The van der Waals surface area contributed by atoms with Crippen molar-refractivity contribution in [3.63, 3.8) is 0 Å². The highest BCUT2D eigenvalue weighted by atomic mass is 16.3. The molecule has 0 aliphatic carbocycles. The van der Waals surface area contributed by atoms with Gasteiger partial charge in [0.1, 0.15) is 17.9 Å². The molecule has 0 bridgehead atoms. The van der Waals surface area contributed by atoms with Gasteiger partial charge in [-0.05, 0) is 50.1 Å². The number of rotatable bonds is 5. The van der Waals surface area contributed by atoms with Gasteiger partial charge < -0.3 is 19.6 Å². The number of primary amides is 1. The zero-order valence-corrected chi connectivity index (χ0v) is 17.6. The van der Waals surface area contributed by atoms with Gasteiger partial charge in [-0.3, -0.25) is 4.79 Å². The number of hydrogen-bond donors (Lipinski definition) is 1. The second kappa shape index (κ2) is 7.54. The fourth-order valence-electron chi connectivity index (χ4n) is 4.27. The molecule has 8 heteroatoms. The van der Waals surface area contributed by atoms with Crippen molar-refractivity contribution in [2.24, 2.45) is 5.73 Å². The number of fused-ring (bicyclic) bond motifs is 1. The molecule has 1 unspecified atom stereocenters. The van der Waals surface area contributed by atoms with Gasteiger partial charge in [-0.2, -0.15) is 0 Å². The number of anilines is 1. The molecule has 3 aromatic heterocycles. The Kier molecular flexibility index (Phi) is 4.69. The number of pyridine rings is 1. The quantitative estimate of drug-likeness (QED) is 0.534. The largest absolute Gasteiger partial charge is 0.449 e. The number of aryl methyl sites for hydroxylation is 1. The van der Waals surface area contributed by atoms with E-state index >= 15 is 0 Å². The molecule has 2 N–H and O–H groups in total. The van der Waals surface area contributed by atoms with Gasteiger partial charge in [-0.1, -0.05) is 0 Å². The fourth-order valence-corrected chi connectivity index (χ4v) is 4.27. The first-order chi connectivity index (χ1) is 15.0. The molecule has 0 saturated carbocycles. The van der Waals surface area contributed by atoms with E-state index in [4.69, 9.17) is 20.1 Å². The smallest absolute Gasteiger partial charge is 0.248 e. The van der Waals surface area contributed by atoms with Gasteiger partial charge in [0.05, 0.1) is 23.3 Å². The van der Waals surface area contributed by atoms with Crippen LogP contribution in [-0.4, -0.2) is 38.0 Å². The van der Waals surface area contributed by atoms with Crippen LogP contribution in [0.15, 0.2) is 47.2 Å². The van der Waals surface area contributed by atoms with Crippen molar-refractivity contribution in [1.29, 1.82) is 0 Å². The van der Waals surface area contributed by atoms with Crippen LogP contribution >= 0.6 is 0 Å². The second-order valence-corrected chi connectivity index (χ2v) is 8.04. The van der Waals surface area contributed by atoms with Gasteiger partial charge in [0, 0.05) is 36.8 Å². The topological polar surface area (TPSA) is 103 Å².